The van der Waals surface area contributed by atoms with E-state index in [0.29, 0.717) is 10.8 Å². The highest BCUT2D eigenvalue weighted by Gasteiger charge is 2.41. The molecule has 0 radical (unpaired) electrons. The normalized spacial score (nSPS) is 16.9. The molecule has 0 aliphatic heterocycles. The Balaban J connectivity index is 2.58. The van der Waals surface area contributed by atoms with Crippen molar-refractivity contribution in [2.24, 2.45) is 4.99 Å². The molecule has 2 rings (SSSR count). The molecule has 1 aromatic rings. The van der Waals surface area contributed by atoms with Gasteiger partial charge >= 0.3 is 0 Å². The summed E-state index contributed by atoms with van der Waals surface area (Å²) in [6, 6.07) is 3.85. The van der Waals surface area contributed by atoms with Crippen LogP contribution in [0.5, 0.6) is 5.75 Å². The van der Waals surface area contributed by atoms with E-state index in [4.69, 9.17) is 16.3 Å². The highest BCUT2D eigenvalue weighted by Crippen LogP contribution is 2.49. The van der Waals surface area contributed by atoms with Gasteiger partial charge in [-0.15, -0.1) is 0 Å². The molecule has 1 aliphatic rings. The maximum atomic E-state index is 10.6. The molecule has 17 heavy (non-hydrogen) atoms. The summed E-state index contributed by atoms with van der Waals surface area (Å²) in [5.41, 5.74) is 1.46. The smallest absolute Gasteiger partial charge is 0.235 e. The van der Waals surface area contributed by atoms with Gasteiger partial charge in [-0.1, -0.05) is 17.7 Å². The predicted molar refractivity (Wildman–Crippen MR) is 66.4 cm³/mol. The van der Waals surface area contributed by atoms with Crippen LogP contribution < -0.4 is 4.74 Å². The summed E-state index contributed by atoms with van der Waals surface area (Å²) in [5.74, 6) is 0.633. The van der Waals surface area contributed by atoms with Crippen molar-refractivity contribution in [1.29, 1.82) is 0 Å². The first-order chi connectivity index (χ1) is 8.13. The Morgan fingerprint density at radius 1 is 1.47 bits per heavy atom. The van der Waals surface area contributed by atoms with Gasteiger partial charge in [-0.25, -0.2) is 4.79 Å². The minimum atomic E-state index is -0.474. The van der Waals surface area contributed by atoms with E-state index in [1.54, 1.807) is 13.2 Å². The van der Waals surface area contributed by atoms with Crippen LogP contribution in [0.15, 0.2) is 17.1 Å². The number of aliphatic imine (C=N–C) groups is 1. The monoisotopic (exact) mass is 251 g/mol. The second-order valence-electron chi connectivity index (χ2n) is 4.42. The van der Waals surface area contributed by atoms with Crippen molar-refractivity contribution in [1.82, 2.24) is 0 Å². The van der Waals surface area contributed by atoms with E-state index >= 15 is 0 Å². The number of hydrogen-bond acceptors (Lipinski definition) is 3. The van der Waals surface area contributed by atoms with Crippen molar-refractivity contribution in [2.45, 2.75) is 31.7 Å². The molecule has 0 N–H and O–H groups in total. The Morgan fingerprint density at radius 2 is 2.18 bits per heavy atom. The van der Waals surface area contributed by atoms with Crippen LogP contribution >= 0.6 is 11.6 Å². The molecule has 1 fully saturated rings. The van der Waals surface area contributed by atoms with Crippen LogP contribution in [0.3, 0.4) is 0 Å². The van der Waals surface area contributed by atoms with Crippen molar-refractivity contribution >= 4 is 17.7 Å². The summed E-state index contributed by atoms with van der Waals surface area (Å²) in [6.07, 6.45) is 4.41. The lowest BCUT2D eigenvalue weighted by molar-refractivity contribution is 0.255. The van der Waals surface area contributed by atoms with E-state index in [0.717, 1.165) is 30.4 Å². The molecule has 0 spiro atoms. The lowest BCUT2D eigenvalue weighted by atomic mass is 9.72. The molecule has 1 aliphatic carbocycles. The molecular weight excluding hydrogens is 238 g/mol. The molecule has 90 valence electrons. The number of ether oxygens (including phenoxy) is 1. The predicted octanol–water partition coefficient (Wildman–Crippen LogP) is 3.37. The SMILES string of the molecule is COc1cc(C)cc(C2(N=C=O)CCC2)c1Cl. The summed E-state index contributed by atoms with van der Waals surface area (Å²) in [7, 11) is 1.58. The zero-order valence-electron chi connectivity index (χ0n) is 9.92. The highest BCUT2D eigenvalue weighted by molar-refractivity contribution is 6.33. The fourth-order valence-electron chi connectivity index (χ4n) is 2.26. The summed E-state index contributed by atoms with van der Waals surface area (Å²) in [4.78, 5) is 14.5. The molecule has 4 heteroatoms. The molecule has 0 atom stereocenters. The first kappa shape index (κ1) is 12.2. The van der Waals surface area contributed by atoms with Gasteiger partial charge < -0.3 is 4.74 Å². The van der Waals surface area contributed by atoms with Gasteiger partial charge in [0.2, 0.25) is 6.08 Å². The fraction of sp³-hybridized carbons (Fsp3) is 0.462. The zero-order valence-corrected chi connectivity index (χ0v) is 10.7. The third-order valence-corrected chi connectivity index (χ3v) is 3.74. The minimum Gasteiger partial charge on any atom is -0.495 e. The summed E-state index contributed by atoms with van der Waals surface area (Å²) < 4.78 is 5.24. The van der Waals surface area contributed by atoms with E-state index in [1.807, 2.05) is 19.1 Å². The fourth-order valence-corrected chi connectivity index (χ4v) is 2.63. The van der Waals surface area contributed by atoms with Crippen LogP contribution in [-0.2, 0) is 10.3 Å². The third kappa shape index (κ3) is 1.97. The molecule has 3 nitrogen and oxygen atoms in total. The lowest BCUT2D eigenvalue weighted by Gasteiger charge is -2.38. The Labute approximate surface area is 105 Å². The van der Waals surface area contributed by atoms with Crippen molar-refractivity contribution in [3.63, 3.8) is 0 Å². The van der Waals surface area contributed by atoms with Crippen molar-refractivity contribution in [3.8, 4) is 5.75 Å². The highest BCUT2D eigenvalue weighted by atomic mass is 35.5. The molecule has 0 amide bonds. The van der Waals surface area contributed by atoms with Gasteiger partial charge in [0.05, 0.1) is 17.7 Å². The first-order valence-electron chi connectivity index (χ1n) is 5.56. The summed E-state index contributed by atoms with van der Waals surface area (Å²) in [6.45, 7) is 1.97. The summed E-state index contributed by atoms with van der Waals surface area (Å²) >= 11 is 6.30. The quantitative estimate of drug-likeness (QED) is 0.610. The van der Waals surface area contributed by atoms with Crippen molar-refractivity contribution in [3.05, 3.63) is 28.3 Å². The van der Waals surface area contributed by atoms with Gasteiger partial charge in [-0.2, -0.15) is 4.99 Å². The van der Waals surface area contributed by atoms with E-state index in [9.17, 15) is 4.79 Å². The van der Waals surface area contributed by atoms with E-state index < -0.39 is 5.54 Å². The molecule has 0 unspecified atom stereocenters. The molecule has 0 saturated heterocycles. The van der Waals surface area contributed by atoms with Gasteiger partial charge in [0, 0.05) is 5.56 Å². The minimum absolute atomic E-state index is 0.474. The van der Waals surface area contributed by atoms with Gasteiger partial charge in [0.1, 0.15) is 5.75 Å². The van der Waals surface area contributed by atoms with Crippen LogP contribution in [-0.4, -0.2) is 13.2 Å². The van der Waals surface area contributed by atoms with Crippen molar-refractivity contribution in [2.75, 3.05) is 7.11 Å². The second-order valence-corrected chi connectivity index (χ2v) is 4.79. The number of methoxy groups -OCH3 is 1. The number of benzene rings is 1. The maximum absolute atomic E-state index is 10.6. The molecule has 1 saturated carbocycles. The Kier molecular flexibility index (Phi) is 3.23. The molecule has 1 aromatic carbocycles. The van der Waals surface area contributed by atoms with Crippen LogP contribution in [0, 0.1) is 6.92 Å². The average Bonchev–Trinajstić information content (AvgIpc) is 2.26. The molecule has 0 bridgehead atoms. The number of isocyanates is 1. The summed E-state index contributed by atoms with van der Waals surface area (Å²) in [5, 5.41) is 0.553. The second kappa shape index (κ2) is 4.52. The number of carbonyl (C=O) groups excluding carboxylic acids is 1. The first-order valence-corrected chi connectivity index (χ1v) is 5.94. The van der Waals surface area contributed by atoms with Gasteiger partial charge in [0.15, 0.2) is 0 Å². The van der Waals surface area contributed by atoms with Crippen LogP contribution in [0.1, 0.15) is 30.4 Å². The van der Waals surface area contributed by atoms with E-state index in [1.165, 1.54) is 0 Å². The number of nitrogens with zero attached hydrogens (tertiary/aromatic N) is 1. The van der Waals surface area contributed by atoms with E-state index in [2.05, 4.69) is 4.99 Å². The molecule has 0 aromatic heterocycles. The molecular formula is C13H14ClNO2. The Bertz CT molecular complexity index is 488. The number of aryl methyl sites for hydroxylation is 1. The number of hydrogen-bond donors (Lipinski definition) is 0. The van der Waals surface area contributed by atoms with Crippen LogP contribution in [0.4, 0.5) is 0 Å². The third-order valence-electron chi connectivity index (χ3n) is 3.35. The average molecular weight is 252 g/mol. The Morgan fingerprint density at radius 3 is 2.65 bits per heavy atom. The number of rotatable bonds is 3. The topological polar surface area (TPSA) is 38.7 Å². The lowest BCUT2D eigenvalue weighted by Crippen LogP contribution is -2.32. The Hall–Kier alpha value is -1.31. The van der Waals surface area contributed by atoms with Gasteiger partial charge in [-0.05, 0) is 37.8 Å². The van der Waals surface area contributed by atoms with Gasteiger partial charge in [0.25, 0.3) is 0 Å². The largest absolute Gasteiger partial charge is 0.495 e. The van der Waals surface area contributed by atoms with Gasteiger partial charge in [-0.3, -0.25) is 0 Å². The van der Waals surface area contributed by atoms with Crippen LogP contribution in [0.2, 0.25) is 5.02 Å². The van der Waals surface area contributed by atoms with Crippen LogP contribution in [0.25, 0.3) is 0 Å². The maximum Gasteiger partial charge on any atom is 0.235 e. The molecule has 0 heterocycles. The zero-order chi connectivity index (χ0) is 12.5. The van der Waals surface area contributed by atoms with E-state index in [-0.39, 0.29) is 0 Å². The standard InChI is InChI=1S/C13H14ClNO2/c1-9-6-10(12(14)11(7-9)17-2)13(15-8-16)4-3-5-13/h6-7H,3-5H2,1-2H3. The van der Waals surface area contributed by atoms with Crippen molar-refractivity contribution < 1.29 is 9.53 Å². The number of halogens is 1.